The van der Waals surface area contributed by atoms with Crippen molar-refractivity contribution < 1.29 is 0 Å². The first-order valence-corrected chi connectivity index (χ1v) is 33.7. The van der Waals surface area contributed by atoms with Crippen molar-refractivity contribution in [1.29, 1.82) is 0 Å². The first-order chi connectivity index (χ1) is 49.0. The van der Waals surface area contributed by atoms with Crippen molar-refractivity contribution in [1.82, 2.24) is 0 Å². The van der Waals surface area contributed by atoms with Gasteiger partial charge >= 0.3 is 0 Å². The molecule has 1 atom stereocenters. The first-order valence-electron chi connectivity index (χ1n) is 33.7. The number of rotatable bonds is 23. The van der Waals surface area contributed by atoms with E-state index in [4.69, 9.17) is 11.6 Å². The van der Waals surface area contributed by atoms with Gasteiger partial charge in [0, 0.05) is 102 Å². The Hall–Kier alpha value is -13.0. The number of hydrogen-bond acceptors (Lipinski definition) is 7. The molecular formula is C92H75N7. The Morgan fingerprint density at radius 1 is 0.323 bits per heavy atom. The largest absolute Gasteiger partial charge is 0.334 e. The smallest absolute Gasteiger partial charge is 0.0778 e. The summed E-state index contributed by atoms with van der Waals surface area (Å²) in [6.45, 7) is 6.96. The average molecular weight is 1280 g/mol. The molecule has 0 bridgehead atoms. The topological polar surface area (TPSA) is 31.8 Å². The van der Waals surface area contributed by atoms with E-state index in [1.165, 1.54) is 0 Å². The third-order valence-corrected chi connectivity index (χ3v) is 17.6. The molecule has 0 amide bonds. The predicted molar refractivity (Wildman–Crippen MR) is 419 cm³/mol. The fraction of sp³-hybridized carbons (Fsp3) is 0.0326. The van der Waals surface area contributed by atoms with Crippen molar-refractivity contribution in [3.63, 3.8) is 0 Å². The van der Waals surface area contributed by atoms with Gasteiger partial charge in [0.25, 0.3) is 0 Å². The summed E-state index contributed by atoms with van der Waals surface area (Å²) < 4.78 is 0. The van der Waals surface area contributed by atoms with Gasteiger partial charge in [0.2, 0.25) is 0 Å². The van der Waals surface area contributed by atoms with E-state index >= 15 is 0 Å². The van der Waals surface area contributed by atoms with Crippen LogP contribution in [0.4, 0.5) is 91.0 Å². The number of benzene rings is 13. The molecule has 1 aliphatic rings. The molecule has 13 aromatic carbocycles. The van der Waals surface area contributed by atoms with E-state index in [0.717, 1.165) is 126 Å². The summed E-state index contributed by atoms with van der Waals surface area (Å²) in [6.07, 6.45) is 14.1. The quantitative estimate of drug-likeness (QED) is 0.0469. The van der Waals surface area contributed by atoms with Gasteiger partial charge in [0.15, 0.2) is 0 Å². The third kappa shape index (κ3) is 14.7. The summed E-state index contributed by atoms with van der Waals surface area (Å²) >= 11 is 0. The van der Waals surface area contributed by atoms with E-state index < -0.39 is 0 Å². The van der Waals surface area contributed by atoms with Crippen molar-refractivity contribution in [2.45, 2.75) is 19.4 Å². The highest BCUT2D eigenvalue weighted by Crippen LogP contribution is 2.43. The Bertz CT molecular complexity index is 4610. The van der Waals surface area contributed by atoms with E-state index in [9.17, 15) is 0 Å². The lowest BCUT2D eigenvalue weighted by Crippen LogP contribution is -2.31. The SMILES string of the molecule is C=C(/C=C\C(=C/C)C(=Nc1ccccc1)c1ccc(N(c2ccc(N(c3ccccc3)c3ccccc3)cc2)c2ccc(N(c3ccccc3)c3ccccc3)cc2)cc1)N(C1=CCC(N(c2ccccc2)c2ccccc2)C=C1)c1ccc(N(c2ccccc2)c2ccccc2)cc1. The van der Waals surface area contributed by atoms with E-state index in [1.54, 1.807) is 0 Å². The highest BCUT2D eigenvalue weighted by atomic mass is 15.2. The Morgan fingerprint density at radius 3 is 0.889 bits per heavy atom. The number of hydrogen-bond donors (Lipinski definition) is 0. The molecule has 0 heterocycles. The Labute approximate surface area is 582 Å². The van der Waals surface area contributed by atoms with Crippen LogP contribution in [0.25, 0.3) is 0 Å². The van der Waals surface area contributed by atoms with Gasteiger partial charge in [-0.2, -0.15) is 0 Å². The molecule has 99 heavy (non-hydrogen) atoms. The lowest BCUT2D eigenvalue weighted by atomic mass is 9.99. The molecule has 7 nitrogen and oxygen atoms in total. The molecule has 13 aromatic rings. The van der Waals surface area contributed by atoms with Gasteiger partial charge in [-0.1, -0.05) is 207 Å². The van der Waals surface area contributed by atoms with Crippen LogP contribution in [0.3, 0.4) is 0 Å². The fourth-order valence-electron chi connectivity index (χ4n) is 12.9. The Balaban J connectivity index is 0.819. The molecule has 1 unspecified atom stereocenters. The van der Waals surface area contributed by atoms with Crippen LogP contribution >= 0.6 is 0 Å². The van der Waals surface area contributed by atoms with Crippen LogP contribution in [0.15, 0.2) is 435 Å². The minimum atomic E-state index is 0.0643. The van der Waals surface area contributed by atoms with Crippen molar-refractivity contribution >= 4 is 96.7 Å². The van der Waals surface area contributed by atoms with Crippen molar-refractivity contribution in [2.24, 2.45) is 4.99 Å². The summed E-state index contributed by atoms with van der Waals surface area (Å²) in [5.41, 5.74) is 21.2. The van der Waals surface area contributed by atoms with Crippen molar-refractivity contribution in [3.8, 4) is 0 Å². The van der Waals surface area contributed by atoms with Crippen LogP contribution in [0.1, 0.15) is 18.9 Å². The van der Waals surface area contributed by atoms with Crippen LogP contribution in [-0.4, -0.2) is 11.8 Å². The van der Waals surface area contributed by atoms with Gasteiger partial charge in [-0.25, -0.2) is 4.99 Å². The molecular weight excluding hydrogens is 1200 g/mol. The van der Waals surface area contributed by atoms with E-state index in [1.807, 2.05) is 18.2 Å². The normalized spacial score (nSPS) is 12.9. The molecule has 0 spiro atoms. The summed E-state index contributed by atoms with van der Waals surface area (Å²) in [4.78, 5) is 19.4. The van der Waals surface area contributed by atoms with Crippen LogP contribution < -0.4 is 29.4 Å². The first kappa shape index (κ1) is 63.4. The minimum absolute atomic E-state index is 0.0643. The van der Waals surface area contributed by atoms with Gasteiger partial charge in [-0.15, -0.1) is 0 Å². The molecule has 7 heteroatoms. The maximum absolute atomic E-state index is 5.46. The monoisotopic (exact) mass is 1280 g/mol. The molecule has 0 saturated heterocycles. The van der Waals surface area contributed by atoms with Gasteiger partial charge in [0.1, 0.15) is 0 Å². The Morgan fingerprint density at radius 2 is 0.596 bits per heavy atom. The van der Waals surface area contributed by atoms with Crippen LogP contribution in [0.5, 0.6) is 0 Å². The number of nitrogens with zero attached hydrogens (tertiary/aromatic N) is 7. The second-order valence-electron chi connectivity index (χ2n) is 24.0. The maximum atomic E-state index is 5.46. The van der Waals surface area contributed by atoms with Crippen molar-refractivity contribution in [2.75, 3.05) is 29.4 Å². The van der Waals surface area contributed by atoms with Gasteiger partial charge in [-0.05, 0) is 225 Å². The third-order valence-electron chi connectivity index (χ3n) is 17.6. The van der Waals surface area contributed by atoms with E-state index in [-0.39, 0.29) is 6.04 Å². The standard InChI is InChI=1S/C92H75N7/c1-3-72(50-49-71(2)94(83-55-59-86(60-56-83)95(75-33-15-5-16-34-75)76-35-17-6-18-36-76)84-57-61-87(62-58-84)96(77-37-19-7-20-38-77)78-39-21-8-22-40-78)92(93-74-31-13-4-14-32-74)73-51-53-85(54-52-73)99(90-67-63-88(64-68-90)97(79-41-23-9-24-42-79)80-43-25-10-26-44-80)91-69-65-89(66-70-91)98(81-45-27-11-28-46-81)82-47-29-12-30-48-82/h3-61,63-70,87H,2,62H2,1H3/b50-49-,72-3+,93-92?. The average Bonchev–Trinajstić information content (AvgIpc) is 0.813. The zero-order valence-electron chi connectivity index (χ0n) is 55.3. The molecule has 0 aromatic heterocycles. The lowest BCUT2D eigenvalue weighted by molar-refractivity contribution is 0.775. The fourth-order valence-corrected chi connectivity index (χ4v) is 12.9. The second-order valence-corrected chi connectivity index (χ2v) is 24.0. The maximum Gasteiger partial charge on any atom is 0.0778 e. The molecule has 14 rings (SSSR count). The van der Waals surface area contributed by atoms with E-state index in [2.05, 4.69) is 425 Å². The summed E-state index contributed by atoms with van der Waals surface area (Å²) in [7, 11) is 0. The summed E-state index contributed by atoms with van der Waals surface area (Å²) in [5, 5.41) is 0. The molecule has 0 aliphatic heterocycles. The van der Waals surface area contributed by atoms with Crippen LogP contribution in [-0.2, 0) is 0 Å². The molecule has 0 saturated carbocycles. The zero-order valence-corrected chi connectivity index (χ0v) is 55.3. The van der Waals surface area contributed by atoms with Crippen LogP contribution in [0.2, 0.25) is 0 Å². The van der Waals surface area contributed by atoms with Gasteiger partial charge < -0.3 is 29.4 Å². The molecule has 0 N–H and O–H groups in total. The predicted octanol–water partition coefficient (Wildman–Crippen LogP) is 25.3. The molecule has 0 fully saturated rings. The molecule has 1 aliphatic carbocycles. The number of aliphatic imine (C=N–C) groups is 1. The second kappa shape index (κ2) is 30.6. The van der Waals surface area contributed by atoms with Crippen molar-refractivity contribution in [3.05, 3.63) is 436 Å². The number of allylic oxidation sites excluding steroid dienone is 5. The molecule has 478 valence electrons. The lowest BCUT2D eigenvalue weighted by Gasteiger charge is -2.35. The Kier molecular flexibility index (Phi) is 19.6. The number of para-hydroxylation sites is 9. The van der Waals surface area contributed by atoms with Crippen LogP contribution in [0, 0.1) is 0 Å². The highest BCUT2D eigenvalue weighted by molar-refractivity contribution is 6.15. The highest BCUT2D eigenvalue weighted by Gasteiger charge is 2.25. The minimum Gasteiger partial charge on any atom is -0.334 e. The van der Waals surface area contributed by atoms with Gasteiger partial charge in [-0.3, -0.25) is 0 Å². The van der Waals surface area contributed by atoms with E-state index in [0.29, 0.717) is 0 Å². The molecule has 0 radical (unpaired) electrons. The summed E-state index contributed by atoms with van der Waals surface area (Å²) in [5.74, 6) is 0. The van der Waals surface area contributed by atoms with Gasteiger partial charge in [0.05, 0.1) is 17.4 Å². The summed E-state index contributed by atoms with van der Waals surface area (Å²) in [6, 6.07) is 130. The zero-order chi connectivity index (χ0) is 67.0. The number of anilines is 15.